The summed E-state index contributed by atoms with van der Waals surface area (Å²) in [6, 6.07) is 11.9. The molecule has 0 amide bonds. The normalized spacial score (nSPS) is 26.7. The van der Waals surface area contributed by atoms with Gasteiger partial charge >= 0.3 is 0 Å². The summed E-state index contributed by atoms with van der Waals surface area (Å²) in [4.78, 5) is 2.63. The minimum Gasteiger partial charge on any atom is -0.381 e. The molecular weight excluding hydrogens is 338 g/mol. The van der Waals surface area contributed by atoms with Crippen LogP contribution in [0.2, 0.25) is 0 Å². The smallest absolute Gasteiger partial charge is 0.117 e. The summed E-state index contributed by atoms with van der Waals surface area (Å²) < 4.78 is 7.70. The van der Waals surface area contributed by atoms with Crippen molar-refractivity contribution < 1.29 is 4.74 Å². The first-order chi connectivity index (χ1) is 11.9. The van der Waals surface area contributed by atoms with Crippen molar-refractivity contribution in [2.75, 3.05) is 26.3 Å². The Morgan fingerprint density at radius 3 is 2.68 bits per heavy atom. The zero-order valence-electron chi connectivity index (χ0n) is 14.2. The number of hydrogen-bond acceptors (Lipinski definition) is 5. The van der Waals surface area contributed by atoms with Crippen LogP contribution in [0.1, 0.15) is 24.6 Å². The average Bonchev–Trinajstić information content (AvgIpc) is 3.27. The number of nitrogens with zero attached hydrogens (tertiary/aromatic N) is 4. The highest BCUT2D eigenvalue weighted by molar-refractivity contribution is 5.85. The van der Waals surface area contributed by atoms with Crippen molar-refractivity contribution in [3.8, 4) is 11.3 Å². The van der Waals surface area contributed by atoms with Crippen molar-refractivity contribution >= 4 is 12.4 Å². The van der Waals surface area contributed by atoms with E-state index in [1.54, 1.807) is 0 Å². The first kappa shape index (κ1) is 17.0. The summed E-state index contributed by atoms with van der Waals surface area (Å²) in [6.07, 6.45) is 2.30. The third-order valence-electron chi connectivity index (χ3n) is 5.71. The second kappa shape index (κ2) is 7.03. The molecule has 2 fully saturated rings. The minimum absolute atomic E-state index is 0. The Morgan fingerprint density at radius 1 is 1.08 bits per heavy atom. The fourth-order valence-electron chi connectivity index (χ4n) is 4.41. The molecule has 4 heterocycles. The Kier molecular flexibility index (Phi) is 4.78. The van der Waals surface area contributed by atoms with E-state index in [1.165, 1.54) is 5.69 Å². The number of rotatable bonds is 2. The van der Waals surface area contributed by atoms with Gasteiger partial charge in [-0.3, -0.25) is 4.90 Å². The minimum atomic E-state index is 0. The number of benzene rings is 1. The molecule has 1 aromatic carbocycles. The Bertz CT molecular complexity index is 716. The van der Waals surface area contributed by atoms with E-state index in [0.717, 1.165) is 56.9 Å². The maximum Gasteiger partial charge on any atom is 0.117 e. The van der Waals surface area contributed by atoms with Gasteiger partial charge in [0.1, 0.15) is 5.69 Å². The monoisotopic (exact) mass is 361 g/mol. The molecule has 2 aromatic rings. The van der Waals surface area contributed by atoms with E-state index in [2.05, 4.69) is 49.5 Å². The van der Waals surface area contributed by atoms with Crippen LogP contribution in [-0.2, 0) is 11.3 Å². The SMILES string of the molecule is Cl.c1ccc(-c2nnn3c2CN[C@@H]2CN(C4CCOCC4)C[C@H]23)cc1. The number of aromatic nitrogens is 3. The number of hydrogen-bond donors (Lipinski definition) is 1. The standard InChI is InChI=1S/C18H23N5O.ClH/c1-2-4-13(5-3-1)18-16-10-19-15-11-22(14-6-8-24-9-7-14)12-17(15)23(16)21-20-18;/h1-5,14-15,17,19H,6-12H2;1H/t15-,17-;/m1./s1. The summed E-state index contributed by atoms with van der Waals surface area (Å²) in [5.74, 6) is 0. The maximum absolute atomic E-state index is 5.52. The molecule has 134 valence electrons. The van der Waals surface area contributed by atoms with Gasteiger partial charge in [0.2, 0.25) is 0 Å². The van der Waals surface area contributed by atoms with E-state index in [0.29, 0.717) is 18.1 Å². The van der Waals surface area contributed by atoms with Crippen LogP contribution in [0.4, 0.5) is 0 Å². The van der Waals surface area contributed by atoms with Crippen LogP contribution in [0.5, 0.6) is 0 Å². The second-order valence-corrected chi connectivity index (χ2v) is 7.05. The van der Waals surface area contributed by atoms with Crippen molar-refractivity contribution in [3.05, 3.63) is 36.0 Å². The molecule has 0 radical (unpaired) electrons. The van der Waals surface area contributed by atoms with Crippen LogP contribution >= 0.6 is 12.4 Å². The molecule has 1 aromatic heterocycles. The highest BCUT2D eigenvalue weighted by atomic mass is 35.5. The zero-order valence-corrected chi connectivity index (χ0v) is 15.0. The number of nitrogens with one attached hydrogen (secondary N) is 1. The Hall–Kier alpha value is -1.47. The Labute approximate surface area is 153 Å². The third-order valence-corrected chi connectivity index (χ3v) is 5.71. The van der Waals surface area contributed by atoms with E-state index < -0.39 is 0 Å². The van der Waals surface area contributed by atoms with Crippen LogP contribution < -0.4 is 5.32 Å². The van der Waals surface area contributed by atoms with Crippen molar-refractivity contribution in [1.29, 1.82) is 0 Å². The van der Waals surface area contributed by atoms with Gasteiger partial charge in [0.15, 0.2) is 0 Å². The van der Waals surface area contributed by atoms with Crippen LogP contribution in [0.15, 0.2) is 30.3 Å². The summed E-state index contributed by atoms with van der Waals surface area (Å²) in [5.41, 5.74) is 3.39. The largest absolute Gasteiger partial charge is 0.381 e. The molecule has 0 saturated carbocycles. The fraction of sp³-hybridized carbons (Fsp3) is 0.556. The first-order valence-electron chi connectivity index (χ1n) is 8.95. The number of ether oxygens (including phenoxy) is 1. The van der Waals surface area contributed by atoms with Gasteiger partial charge in [-0.15, -0.1) is 17.5 Å². The molecule has 25 heavy (non-hydrogen) atoms. The lowest BCUT2D eigenvalue weighted by atomic mass is 10.1. The molecule has 0 spiro atoms. The van der Waals surface area contributed by atoms with Gasteiger partial charge in [-0.05, 0) is 12.8 Å². The highest BCUT2D eigenvalue weighted by Gasteiger charge is 2.41. The van der Waals surface area contributed by atoms with Crippen molar-refractivity contribution in [3.63, 3.8) is 0 Å². The lowest BCUT2D eigenvalue weighted by Gasteiger charge is -2.30. The third kappa shape index (κ3) is 2.97. The summed E-state index contributed by atoms with van der Waals surface area (Å²) in [5, 5.41) is 12.8. The molecule has 7 heteroatoms. The molecule has 0 unspecified atom stereocenters. The van der Waals surface area contributed by atoms with E-state index in [1.807, 2.05) is 6.07 Å². The van der Waals surface area contributed by atoms with Crippen LogP contribution in [0.3, 0.4) is 0 Å². The van der Waals surface area contributed by atoms with Crippen LogP contribution in [0.25, 0.3) is 11.3 Å². The van der Waals surface area contributed by atoms with Gasteiger partial charge in [0, 0.05) is 50.5 Å². The van der Waals surface area contributed by atoms with Crippen molar-refractivity contribution in [2.24, 2.45) is 0 Å². The molecule has 3 aliphatic heterocycles. The van der Waals surface area contributed by atoms with Gasteiger partial charge in [-0.2, -0.15) is 0 Å². The first-order valence-corrected chi connectivity index (χ1v) is 8.95. The highest BCUT2D eigenvalue weighted by Crippen LogP contribution is 2.33. The molecule has 0 aliphatic carbocycles. The lowest BCUT2D eigenvalue weighted by molar-refractivity contribution is 0.0408. The molecule has 6 nitrogen and oxygen atoms in total. The summed E-state index contributed by atoms with van der Waals surface area (Å²) >= 11 is 0. The van der Waals surface area contributed by atoms with Gasteiger partial charge in [0.25, 0.3) is 0 Å². The Balaban J connectivity index is 0.00000157. The number of fused-ring (bicyclic) bond motifs is 3. The predicted molar refractivity (Wildman–Crippen MR) is 97.8 cm³/mol. The molecule has 5 rings (SSSR count). The van der Waals surface area contributed by atoms with E-state index >= 15 is 0 Å². The quantitative estimate of drug-likeness (QED) is 0.885. The average molecular weight is 362 g/mol. The topological polar surface area (TPSA) is 55.2 Å². The molecule has 3 aliphatic rings. The predicted octanol–water partition coefficient (Wildman–Crippen LogP) is 1.87. The number of halogens is 1. The zero-order chi connectivity index (χ0) is 15.9. The molecule has 2 atom stereocenters. The fourth-order valence-corrected chi connectivity index (χ4v) is 4.41. The van der Waals surface area contributed by atoms with Crippen molar-refractivity contribution in [2.45, 2.75) is 37.5 Å². The number of likely N-dealkylation sites (tertiary alicyclic amines) is 1. The van der Waals surface area contributed by atoms with Gasteiger partial charge in [0.05, 0.1) is 11.7 Å². The molecule has 2 saturated heterocycles. The van der Waals surface area contributed by atoms with Gasteiger partial charge < -0.3 is 10.1 Å². The Morgan fingerprint density at radius 2 is 1.88 bits per heavy atom. The molecular formula is C18H24ClN5O. The van der Waals surface area contributed by atoms with Gasteiger partial charge in [-0.25, -0.2) is 4.68 Å². The molecule has 0 bridgehead atoms. The van der Waals surface area contributed by atoms with Crippen molar-refractivity contribution in [1.82, 2.24) is 25.2 Å². The summed E-state index contributed by atoms with van der Waals surface area (Å²) in [7, 11) is 0. The summed E-state index contributed by atoms with van der Waals surface area (Å²) in [6.45, 7) is 4.82. The van der Waals surface area contributed by atoms with E-state index in [9.17, 15) is 0 Å². The van der Waals surface area contributed by atoms with Crippen LogP contribution in [0, 0.1) is 0 Å². The second-order valence-electron chi connectivity index (χ2n) is 7.05. The van der Waals surface area contributed by atoms with E-state index in [-0.39, 0.29) is 12.4 Å². The molecule has 1 N–H and O–H groups in total. The van der Waals surface area contributed by atoms with Crippen LogP contribution in [-0.4, -0.2) is 58.3 Å². The van der Waals surface area contributed by atoms with Gasteiger partial charge in [-0.1, -0.05) is 35.5 Å². The van der Waals surface area contributed by atoms with E-state index in [4.69, 9.17) is 4.74 Å². The lowest BCUT2D eigenvalue weighted by Crippen LogP contribution is -2.43. The maximum atomic E-state index is 5.52.